The number of pyridine rings is 1. The third-order valence-electron chi connectivity index (χ3n) is 5.56. The highest BCUT2D eigenvalue weighted by atomic mass is 35.5. The zero-order valence-electron chi connectivity index (χ0n) is 17.3. The molecule has 10 heteroatoms. The van der Waals surface area contributed by atoms with E-state index in [1.165, 1.54) is 6.07 Å². The summed E-state index contributed by atoms with van der Waals surface area (Å²) < 4.78 is 5.90. The Morgan fingerprint density at radius 2 is 2.00 bits per heavy atom. The molecule has 0 spiro atoms. The first kappa shape index (κ1) is 21.0. The summed E-state index contributed by atoms with van der Waals surface area (Å²) in [7, 11) is 0. The summed E-state index contributed by atoms with van der Waals surface area (Å²) in [6, 6.07) is 11.6. The van der Waals surface area contributed by atoms with Gasteiger partial charge in [-0.1, -0.05) is 11.6 Å². The molecule has 0 atom stereocenters. The average molecular weight is 464 g/mol. The van der Waals surface area contributed by atoms with Gasteiger partial charge >= 0.3 is 0 Å². The van der Waals surface area contributed by atoms with Gasteiger partial charge in [0.1, 0.15) is 17.3 Å². The maximum absolute atomic E-state index is 12.7. The van der Waals surface area contributed by atoms with Gasteiger partial charge in [0.25, 0.3) is 11.2 Å². The molecular formula is C23H18ClN5O4. The van der Waals surface area contributed by atoms with Crippen LogP contribution in [0.4, 0.5) is 5.69 Å². The van der Waals surface area contributed by atoms with Gasteiger partial charge in [0.2, 0.25) is 0 Å². The number of rotatable bonds is 5. The number of nitro groups is 1. The normalized spacial score (nSPS) is 13.6. The third kappa shape index (κ3) is 4.28. The summed E-state index contributed by atoms with van der Waals surface area (Å²) in [6.45, 7) is 1.61. The Bertz CT molecular complexity index is 1400. The number of hydrogen-bond acceptors (Lipinski definition) is 7. The molecule has 166 valence electrons. The largest absolute Gasteiger partial charge is 0.459 e. The lowest BCUT2D eigenvalue weighted by atomic mass is 10.1. The Morgan fingerprint density at radius 1 is 1.18 bits per heavy atom. The van der Waals surface area contributed by atoms with Gasteiger partial charge in [0, 0.05) is 48.6 Å². The van der Waals surface area contributed by atoms with Crippen molar-refractivity contribution in [3.8, 4) is 22.7 Å². The molecule has 1 aromatic carbocycles. The summed E-state index contributed by atoms with van der Waals surface area (Å²) in [5, 5.41) is 11.7. The van der Waals surface area contributed by atoms with Crippen molar-refractivity contribution < 1.29 is 9.34 Å². The van der Waals surface area contributed by atoms with Crippen LogP contribution in [0.25, 0.3) is 22.7 Å². The van der Waals surface area contributed by atoms with Crippen LogP contribution >= 0.6 is 11.6 Å². The Morgan fingerprint density at radius 3 is 2.79 bits per heavy atom. The fourth-order valence-corrected chi connectivity index (χ4v) is 4.12. The lowest BCUT2D eigenvalue weighted by molar-refractivity contribution is -0.384. The number of aromatic nitrogens is 3. The van der Waals surface area contributed by atoms with Gasteiger partial charge in [-0.25, -0.2) is 4.98 Å². The molecule has 0 amide bonds. The zero-order chi connectivity index (χ0) is 22.9. The maximum atomic E-state index is 12.7. The first-order valence-electron chi connectivity index (χ1n) is 10.3. The second-order valence-corrected chi connectivity index (χ2v) is 8.16. The van der Waals surface area contributed by atoms with Gasteiger partial charge in [-0.15, -0.1) is 0 Å². The average Bonchev–Trinajstić information content (AvgIpc) is 3.28. The van der Waals surface area contributed by atoms with Gasteiger partial charge in [-0.05, 0) is 36.4 Å². The Kier molecular flexibility index (Phi) is 5.49. The minimum absolute atomic E-state index is 0.113. The molecule has 3 aromatic heterocycles. The molecule has 4 heterocycles. The number of nitrogens with zero attached hydrogens (tertiary/aromatic N) is 4. The number of nitrogens with one attached hydrogen (secondary N) is 1. The first-order chi connectivity index (χ1) is 16.0. The molecule has 1 aliphatic heterocycles. The summed E-state index contributed by atoms with van der Waals surface area (Å²) >= 11 is 5.90. The van der Waals surface area contributed by atoms with Gasteiger partial charge in [0.15, 0.2) is 0 Å². The van der Waals surface area contributed by atoms with Crippen molar-refractivity contribution in [3.05, 3.63) is 97.4 Å². The Balaban J connectivity index is 1.35. The van der Waals surface area contributed by atoms with Crippen LogP contribution in [0.15, 0.2) is 64.1 Å². The number of furan rings is 1. The van der Waals surface area contributed by atoms with E-state index in [-0.39, 0.29) is 16.3 Å². The van der Waals surface area contributed by atoms with E-state index in [9.17, 15) is 14.9 Å². The van der Waals surface area contributed by atoms with Crippen LogP contribution in [-0.4, -0.2) is 31.3 Å². The molecule has 0 radical (unpaired) electrons. The molecular weight excluding hydrogens is 446 g/mol. The lowest BCUT2D eigenvalue weighted by Gasteiger charge is -2.26. The fourth-order valence-electron chi connectivity index (χ4n) is 3.95. The van der Waals surface area contributed by atoms with Gasteiger partial charge in [-0.3, -0.25) is 24.8 Å². The molecule has 0 saturated heterocycles. The predicted octanol–water partition coefficient (Wildman–Crippen LogP) is 4.21. The monoisotopic (exact) mass is 463 g/mol. The van der Waals surface area contributed by atoms with E-state index >= 15 is 0 Å². The SMILES string of the molecule is O=c1[nH]c(-c2ccncc2)nc2c1CN(Cc1ccc(-c3ccc(Cl)cc3[N+](=O)[O-])o1)CC2. The number of halogens is 1. The van der Waals surface area contributed by atoms with Crippen LogP contribution in [0.5, 0.6) is 0 Å². The van der Waals surface area contributed by atoms with Crippen molar-refractivity contribution in [2.45, 2.75) is 19.5 Å². The smallest absolute Gasteiger partial charge is 0.281 e. The number of fused-ring (bicyclic) bond motifs is 1. The predicted molar refractivity (Wildman–Crippen MR) is 122 cm³/mol. The quantitative estimate of drug-likeness (QED) is 0.348. The van der Waals surface area contributed by atoms with E-state index in [2.05, 4.69) is 19.9 Å². The van der Waals surface area contributed by atoms with Gasteiger partial charge in [-0.2, -0.15) is 0 Å². The molecule has 5 rings (SSSR count). The molecule has 0 bridgehead atoms. The number of benzene rings is 1. The van der Waals surface area contributed by atoms with Crippen molar-refractivity contribution in [1.29, 1.82) is 0 Å². The van der Waals surface area contributed by atoms with E-state index in [0.717, 1.165) is 11.3 Å². The highest BCUT2D eigenvalue weighted by Crippen LogP contribution is 2.33. The molecule has 0 unspecified atom stereocenters. The molecule has 4 aromatic rings. The summed E-state index contributed by atoms with van der Waals surface area (Å²) in [6.07, 6.45) is 3.95. The van der Waals surface area contributed by atoms with Crippen molar-refractivity contribution in [2.75, 3.05) is 6.54 Å². The Hall–Kier alpha value is -3.82. The number of aromatic amines is 1. The van der Waals surface area contributed by atoms with Crippen LogP contribution in [0.2, 0.25) is 5.02 Å². The molecule has 1 N–H and O–H groups in total. The highest BCUT2D eigenvalue weighted by Gasteiger charge is 2.23. The second kappa shape index (κ2) is 8.61. The van der Waals surface area contributed by atoms with Crippen molar-refractivity contribution in [2.24, 2.45) is 0 Å². The minimum Gasteiger partial charge on any atom is -0.459 e. The van der Waals surface area contributed by atoms with Crippen LogP contribution < -0.4 is 5.56 Å². The van der Waals surface area contributed by atoms with Crippen LogP contribution in [0.1, 0.15) is 17.0 Å². The minimum atomic E-state index is -0.482. The van der Waals surface area contributed by atoms with E-state index < -0.39 is 4.92 Å². The number of hydrogen-bond donors (Lipinski definition) is 1. The highest BCUT2D eigenvalue weighted by molar-refractivity contribution is 6.30. The summed E-state index contributed by atoms with van der Waals surface area (Å²) in [5.74, 6) is 1.58. The van der Waals surface area contributed by atoms with Crippen molar-refractivity contribution >= 4 is 17.3 Å². The number of nitro benzene ring substituents is 1. The van der Waals surface area contributed by atoms with Crippen LogP contribution in [0, 0.1) is 10.1 Å². The van der Waals surface area contributed by atoms with Crippen LogP contribution in [0.3, 0.4) is 0 Å². The maximum Gasteiger partial charge on any atom is 0.281 e. The van der Waals surface area contributed by atoms with Crippen molar-refractivity contribution in [1.82, 2.24) is 19.9 Å². The van der Waals surface area contributed by atoms with E-state index in [4.69, 9.17) is 16.0 Å². The molecule has 9 nitrogen and oxygen atoms in total. The third-order valence-corrected chi connectivity index (χ3v) is 5.80. The standard InChI is InChI=1S/C23H18ClN5O4/c24-15-1-3-17(20(11-15)29(31)32)21-4-2-16(33-21)12-28-10-7-19-18(13-28)23(30)27-22(26-19)14-5-8-25-9-6-14/h1-6,8-9,11H,7,10,12-13H2,(H,26,27,30). The molecule has 33 heavy (non-hydrogen) atoms. The molecule has 1 aliphatic rings. The summed E-state index contributed by atoms with van der Waals surface area (Å²) in [5.41, 5.74) is 2.33. The lowest BCUT2D eigenvalue weighted by Crippen LogP contribution is -2.35. The fraction of sp³-hybridized carbons (Fsp3) is 0.174. The van der Waals surface area contributed by atoms with E-state index in [1.807, 2.05) is 0 Å². The van der Waals surface area contributed by atoms with Crippen molar-refractivity contribution in [3.63, 3.8) is 0 Å². The van der Waals surface area contributed by atoms with Gasteiger partial charge < -0.3 is 9.40 Å². The molecule has 0 aliphatic carbocycles. The number of H-pyrrole nitrogens is 1. The van der Waals surface area contributed by atoms with Gasteiger partial charge in [0.05, 0.1) is 28.3 Å². The molecule has 0 saturated carbocycles. The van der Waals surface area contributed by atoms with Crippen LogP contribution in [-0.2, 0) is 19.5 Å². The Labute approximate surface area is 192 Å². The first-order valence-corrected chi connectivity index (χ1v) is 10.6. The summed E-state index contributed by atoms with van der Waals surface area (Å²) in [4.78, 5) is 37.2. The topological polar surface area (TPSA) is 118 Å². The van der Waals surface area contributed by atoms with E-state index in [0.29, 0.717) is 54.5 Å². The zero-order valence-corrected chi connectivity index (χ0v) is 18.1. The van der Waals surface area contributed by atoms with E-state index in [1.54, 1.807) is 48.8 Å². The second-order valence-electron chi connectivity index (χ2n) is 7.72. The molecule has 0 fully saturated rings.